The molecule has 2 atom stereocenters. The van der Waals surface area contributed by atoms with Gasteiger partial charge in [-0.25, -0.2) is 14.5 Å². The molecule has 5 aromatic rings. The molecule has 208 valence electrons. The van der Waals surface area contributed by atoms with Crippen molar-refractivity contribution in [3.8, 4) is 23.1 Å². The van der Waals surface area contributed by atoms with Crippen molar-refractivity contribution in [3.05, 3.63) is 53.9 Å². The fourth-order valence-electron chi connectivity index (χ4n) is 4.78. The number of halogens is 6. The molecule has 5 aromatic heterocycles. The predicted molar refractivity (Wildman–Crippen MR) is 126 cm³/mol. The highest BCUT2D eigenvalue weighted by Crippen LogP contribution is 2.55. The quantitative estimate of drug-likeness (QED) is 0.271. The summed E-state index contributed by atoms with van der Waals surface area (Å²) in [6.45, 7) is -1.66. The highest BCUT2D eigenvalue weighted by molar-refractivity contribution is 5.82. The number of pyridine rings is 1. The largest absolute Gasteiger partial charge is 0.480 e. The Morgan fingerprint density at radius 3 is 2.45 bits per heavy atom. The fourth-order valence-corrected chi connectivity index (χ4v) is 4.78. The number of rotatable bonds is 6. The number of fused-ring (bicyclic) bond motifs is 2. The topological polar surface area (TPSA) is 105 Å². The van der Waals surface area contributed by atoms with Crippen LogP contribution >= 0.6 is 0 Å². The Morgan fingerprint density at radius 2 is 1.75 bits per heavy atom. The first-order valence-electron chi connectivity index (χ1n) is 11.8. The third kappa shape index (κ3) is 4.52. The second-order valence-electron chi connectivity index (χ2n) is 9.15. The van der Waals surface area contributed by atoms with E-state index in [1.165, 1.54) is 26.5 Å². The van der Waals surface area contributed by atoms with E-state index in [0.717, 1.165) is 11.8 Å². The van der Waals surface area contributed by atoms with Gasteiger partial charge in [0.1, 0.15) is 6.54 Å². The Bertz CT molecular complexity index is 1750. The monoisotopic (exact) mass is 564 g/mol. The predicted octanol–water partition coefficient (Wildman–Crippen LogP) is 4.80. The molecule has 5 heterocycles. The van der Waals surface area contributed by atoms with Gasteiger partial charge in [0.05, 0.1) is 36.4 Å². The molecule has 16 heteroatoms. The number of aromatic nitrogens is 8. The Hall–Kier alpha value is -4.50. The fraction of sp³-hybridized carbons (Fsp3) is 0.333. The molecule has 0 aromatic carbocycles. The summed E-state index contributed by atoms with van der Waals surface area (Å²) < 4.78 is 92.2. The molecule has 0 bridgehead atoms. The van der Waals surface area contributed by atoms with Gasteiger partial charge in [-0.3, -0.25) is 9.67 Å². The van der Waals surface area contributed by atoms with E-state index >= 15 is 0 Å². The second kappa shape index (κ2) is 9.02. The third-order valence-electron chi connectivity index (χ3n) is 6.60. The SMILES string of the molecule is COc1ncc(-c2cc(C3C[C@@H]3c3cc4c(cn3)c(C(F)(F)F)nn4CC(F)(F)F)c3nccn3n2)c(OC)n1. The molecule has 0 aliphatic heterocycles. The third-order valence-corrected chi connectivity index (χ3v) is 6.60. The summed E-state index contributed by atoms with van der Waals surface area (Å²) in [5.41, 5.74) is 0.906. The van der Waals surface area contributed by atoms with Crippen molar-refractivity contribution in [2.24, 2.45) is 0 Å². The van der Waals surface area contributed by atoms with Gasteiger partial charge in [0, 0.05) is 42.0 Å². The van der Waals surface area contributed by atoms with Crippen LogP contribution in [0.5, 0.6) is 11.9 Å². The van der Waals surface area contributed by atoms with Gasteiger partial charge in [-0.1, -0.05) is 0 Å². The van der Waals surface area contributed by atoms with E-state index < -0.39 is 30.0 Å². The van der Waals surface area contributed by atoms with E-state index in [0.29, 0.717) is 33.7 Å². The second-order valence-corrected chi connectivity index (χ2v) is 9.15. The molecule has 1 fully saturated rings. The zero-order valence-corrected chi connectivity index (χ0v) is 20.7. The number of methoxy groups -OCH3 is 2. The van der Waals surface area contributed by atoms with Gasteiger partial charge in [-0.05, 0) is 24.5 Å². The van der Waals surface area contributed by atoms with Gasteiger partial charge < -0.3 is 9.47 Å². The van der Waals surface area contributed by atoms with Crippen LogP contribution in [0.3, 0.4) is 0 Å². The summed E-state index contributed by atoms with van der Waals surface area (Å²) in [6.07, 6.45) is -3.51. The van der Waals surface area contributed by atoms with Crippen molar-refractivity contribution >= 4 is 16.6 Å². The first kappa shape index (κ1) is 25.8. The number of hydrogen-bond donors (Lipinski definition) is 0. The van der Waals surface area contributed by atoms with E-state index in [1.807, 2.05) is 0 Å². The standard InChI is InChI=1S/C24H18F6N8O2/c1-39-21-14(8-33-22(34-21)40-2)17-6-13(20-31-3-4-37(20)35-17)11-5-12(11)16-7-18-15(9-32-16)19(24(28,29)30)36-38(18)10-23(25,26)27/h3-4,6-9,11-12H,5,10H2,1-2H3/t11?,12-/m0/s1. The molecule has 10 nitrogen and oxygen atoms in total. The Morgan fingerprint density at radius 1 is 0.950 bits per heavy atom. The van der Waals surface area contributed by atoms with Crippen molar-refractivity contribution in [2.45, 2.75) is 37.2 Å². The summed E-state index contributed by atoms with van der Waals surface area (Å²) in [5, 5.41) is 7.30. The van der Waals surface area contributed by atoms with Gasteiger partial charge in [0.25, 0.3) is 0 Å². The molecule has 1 aliphatic carbocycles. The number of ether oxygens (including phenoxy) is 2. The molecule has 1 aliphatic rings. The van der Waals surface area contributed by atoms with Crippen LogP contribution in [0.4, 0.5) is 26.3 Å². The minimum absolute atomic E-state index is 0.103. The summed E-state index contributed by atoms with van der Waals surface area (Å²) in [4.78, 5) is 16.9. The van der Waals surface area contributed by atoms with Gasteiger partial charge in [0.15, 0.2) is 11.3 Å². The van der Waals surface area contributed by atoms with Gasteiger partial charge in [-0.15, -0.1) is 0 Å². The molecule has 40 heavy (non-hydrogen) atoms. The molecule has 0 saturated heterocycles. The van der Waals surface area contributed by atoms with Crippen LogP contribution in [0.1, 0.15) is 35.2 Å². The molecule has 1 unspecified atom stereocenters. The highest BCUT2D eigenvalue weighted by atomic mass is 19.4. The Labute approximate surface area is 220 Å². The van der Waals surface area contributed by atoms with E-state index in [1.54, 1.807) is 23.0 Å². The molecular weight excluding hydrogens is 546 g/mol. The van der Waals surface area contributed by atoms with Crippen LogP contribution in [-0.2, 0) is 12.7 Å². The lowest BCUT2D eigenvalue weighted by atomic mass is 10.1. The van der Waals surface area contributed by atoms with Crippen molar-refractivity contribution in [3.63, 3.8) is 0 Å². The molecule has 6 rings (SSSR count). The van der Waals surface area contributed by atoms with Crippen molar-refractivity contribution in [1.82, 2.24) is 39.3 Å². The number of hydrogen-bond acceptors (Lipinski definition) is 8. The molecular formula is C24H18F6N8O2. The van der Waals surface area contributed by atoms with E-state index in [-0.39, 0.29) is 29.2 Å². The van der Waals surface area contributed by atoms with E-state index in [9.17, 15) is 26.3 Å². The maximum Gasteiger partial charge on any atom is 0.435 e. The molecule has 0 spiro atoms. The van der Waals surface area contributed by atoms with Gasteiger partial charge in [0.2, 0.25) is 5.88 Å². The molecule has 0 amide bonds. The van der Waals surface area contributed by atoms with Crippen LogP contribution in [0, 0.1) is 0 Å². The minimum atomic E-state index is -4.94. The van der Waals surface area contributed by atoms with Crippen LogP contribution in [0.15, 0.2) is 36.9 Å². The maximum absolute atomic E-state index is 13.5. The minimum Gasteiger partial charge on any atom is -0.480 e. The Kier molecular flexibility index (Phi) is 5.81. The van der Waals surface area contributed by atoms with Crippen LogP contribution in [0.25, 0.3) is 27.8 Å². The lowest BCUT2D eigenvalue weighted by Gasteiger charge is -2.11. The van der Waals surface area contributed by atoms with E-state index in [4.69, 9.17) is 9.47 Å². The van der Waals surface area contributed by atoms with Crippen molar-refractivity contribution in [1.29, 1.82) is 0 Å². The summed E-state index contributed by atoms with van der Waals surface area (Å²) in [6, 6.07) is 3.14. The molecule has 0 radical (unpaired) electrons. The zero-order chi connectivity index (χ0) is 28.4. The first-order valence-corrected chi connectivity index (χ1v) is 11.8. The van der Waals surface area contributed by atoms with Gasteiger partial charge in [-0.2, -0.15) is 41.5 Å². The molecule has 1 saturated carbocycles. The number of alkyl halides is 6. The normalized spacial score (nSPS) is 17.5. The summed E-state index contributed by atoms with van der Waals surface area (Å²) >= 11 is 0. The highest BCUT2D eigenvalue weighted by Gasteiger charge is 2.44. The maximum atomic E-state index is 13.5. The van der Waals surface area contributed by atoms with E-state index in [2.05, 4.69) is 30.1 Å². The van der Waals surface area contributed by atoms with Crippen LogP contribution < -0.4 is 9.47 Å². The van der Waals surface area contributed by atoms with Crippen LogP contribution in [0.2, 0.25) is 0 Å². The molecule has 0 N–H and O–H groups in total. The van der Waals surface area contributed by atoms with Gasteiger partial charge >= 0.3 is 18.4 Å². The van der Waals surface area contributed by atoms with Crippen molar-refractivity contribution in [2.75, 3.05) is 14.2 Å². The zero-order valence-electron chi connectivity index (χ0n) is 20.7. The average Bonchev–Trinajstić information content (AvgIpc) is 3.41. The lowest BCUT2D eigenvalue weighted by Crippen LogP contribution is -2.19. The number of nitrogens with zero attached hydrogens (tertiary/aromatic N) is 8. The smallest absolute Gasteiger partial charge is 0.435 e. The lowest BCUT2D eigenvalue weighted by molar-refractivity contribution is -0.148. The number of imidazole rings is 1. The van der Waals surface area contributed by atoms with Crippen LogP contribution in [-0.4, -0.2) is 59.7 Å². The first-order chi connectivity index (χ1) is 19.0. The van der Waals surface area contributed by atoms with Crippen molar-refractivity contribution < 1.29 is 35.8 Å². The average molecular weight is 564 g/mol. The summed E-state index contributed by atoms with van der Waals surface area (Å²) in [5.74, 6) is -0.233. The summed E-state index contributed by atoms with van der Waals surface area (Å²) in [7, 11) is 2.86. The Balaban J connectivity index is 1.40.